The summed E-state index contributed by atoms with van der Waals surface area (Å²) in [7, 11) is 0. The summed E-state index contributed by atoms with van der Waals surface area (Å²) < 4.78 is 5.73. The van der Waals surface area contributed by atoms with Crippen molar-refractivity contribution in [3.8, 4) is 5.75 Å². The highest BCUT2D eigenvalue weighted by Crippen LogP contribution is 2.41. The van der Waals surface area contributed by atoms with Gasteiger partial charge in [0.15, 0.2) is 0 Å². The van der Waals surface area contributed by atoms with Crippen molar-refractivity contribution in [3.05, 3.63) is 57.8 Å². The Morgan fingerprint density at radius 3 is 2.39 bits per heavy atom. The summed E-state index contributed by atoms with van der Waals surface area (Å²) >= 11 is 1.49. The third kappa shape index (κ3) is 5.37. The number of nitrogens with zero attached hydrogens (tertiary/aromatic N) is 1. The van der Waals surface area contributed by atoms with Crippen molar-refractivity contribution in [2.24, 2.45) is 0 Å². The largest absolute Gasteiger partial charge is 0.507 e. The lowest BCUT2D eigenvalue weighted by Gasteiger charge is -2.24. The molecule has 5 nitrogen and oxygen atoms in total. The van der Waals surface area contributed by atoms with E-state index >= 15 is 0 Å². The van der Waals surface area contributed by atoms with Crippen LogP contribution in [0.15, 0.2) is 47.4 Å². The molecule has 1 unspecified atom stereocenters. The molecule has 0 spiro atoms. The number of rotatable bonds is 11. The minimum Gasteiger partial charge on any atom is -0.507 e. The van der Waals surface area contributed by atoms with Crippen molar-refractivity contribution >= 4 is 28.8 Å². The van der Waals surface area contributed by atoms with Gasteiger partial charge >= 0.3 is 0 Å². The van der Waals surface area contributed by atoms with Gasteiger partial charge < -0.3 is 14.7 Å². The molecule has 1 amide bonds. The second kappa shape index (κ2) is 11.1. The van der Waals surface area contributed by atoms with Gasteiger partial charge in [-0.05, 0) is 48.6 Å². The van der Waals surface area contributed by atoms with E-state index in [4.69, 9.17) is 4.74 Å². The van der Waals surface area contributed by atoms with Crippen LogP contribution in [-0.4, -0.2) is 34.8 Å². The van der Waals surface area contributed by atoms with Crippen LogP contribution < -0.4 is 4.74 Å². The molecule has 1 fully saturated rings. The molecule has 1 aromatic carbocycles. The number of aliphatic hydroxyl groups excluding tert-OH is 1. The zero-order valence-electron chi connectivity index (χ0n) is 18.3. The molecule has 2 heterocycles. The van der Waals surface area contributed by atoms with E-state index in [0.717, 1.165) is 49.2 Å². The lowest BCUT2D eigenvalue weighted by molar-refractivity contribution is -0.139. The number of hydrogen-bond acceptors (Lipinski definition) is 5. The summed E-state index contributed by atoms with van der Waals surface area (Å²) in [6.45, 7) is 5.40. The minimum absolute atomic E-state index is 0.132. The third-order valence-corrected chi connectivity index (χ3v) is 6.42. The van der Waals surface area contributed by atoms with Crippen molar-refractivity contribution in [2.45, 2.75) is 58.4 Å². The number of hydrogen-bond donors (Lipinski definition) is 1. The Balaban J connectivity index is 1.88. The van der Waals surface area contributed by atoms with Crippen LogP contribution in [0.3, 0.4) is 0 Å². The molecule has 0 aliphatic carbocycles. The Kier molecular flexibility index (Phi) is 8.29. The summed E-state index contributed by atoms with van der Waals surface area (Å²) in [4.78, 5) is 28.2. The van der Waals surface area contributed by atoms with E-state index in [1.54, 1.807) is 29.2 Å². The number of ketones is 1. The van der Waals surface area contributed by atoms with Crippen LogP contribution in [0, 0.1) is 0 Å². The molecule has 31 heavy (non-hydrogen) atoms. The Bertz CT molecular complexity index is 902. The van der Waals surface area contributed by atoms with E-state index in [1.807, 2.05) is 17.5 Å². The van der Waals surface area contributed by atoms with Gasteiger partial charge in [0.05, 0.1) is 18.2 Å². The van der Waals surface area contributed by atoms with Gasteiger partial charge in [-0.15, -0.1) is 11.3 Å². The van der Waals surface area contributed by atoms with Crippen LogP contribution >= 0.6 is 11.3 Å². The quantitative estimate of drug-likeness (QED) is 0.203. The van der Waals surface area contributed by atoms with Crippen molar-refractivity contribution in [2.75, 3.05) is 13.2 Å². The maximum atomic E-state index is 12.9. The van der Waals surface area contributed by atoms with Crippen LogP contribution in [0.2, 0.25) is 0 Å². The fourth-order valence-corrected chi connectivity index (χ4v) is 4.64. The van der Waals surface area contributed by atoms with Gasteiger partial charge in [-0.2, -0.15) is 0 Å². The fourth-order valence-electron chi connectivity index (χ4n) is 3.79. The Morgan fingerprint density at radius 1 is 1.03 bits per heavy atom. The first kappa shape index (κ1) is 23.1. The highest BCUT2D eigenvalue weighted by molar-refractivity contribution is 7.10. The Labute approximate surface area is 188 Å². The summed E-state index contributed by atoms with van der Waals surface area (Å²) in [6, 6.07) is 10.3. The molecule has 1 N–H and O–H groups in total. The number of aliphatic hydroxyl groups is 1. The topological polar surface area (TPSA) is 66.8 Å². The average Bonchev–Trinajstić information content (AvgIpc) is 3.39. The first-order valence-electron chi connectivity index (χ1n) is 11.1. The Morgan fingerprint density at radius 2 is 1.74 bits per heavy atom. The maximum Gasteiger partial charge on any atom is 0.295 e. The highest BCUT2D eigenvalue weighted by atomic mass is 32.1. The van der Waals surface area contributed by atoms with E-state index in [-0.39, 0.29) is 11.3 Å². The van der Waals surface area contributed by atoms with Gasteiger partial charge in [-0.25, -0.2) is 0 Å². The number of benzene rings is 1. The summed E-state index contributed by atoms with van der Waals surface area (Å²) in [5.74, 6) is -0.561. The average molecular weight is 442 g/mol. The first-order valence-corrected chi connectivity index (χ1v) is 12.0. The second-order valence-corrected chi connectivity index (χ2v) is 8.77. The molecule has 1 atom stereocenters. The highest BCUT2D eigenvalue weighted by Gasteiger charge is 2.46. The van der Waals surface area contributed by atoms with Crippen molar-refractivity contribution < 1.29 is 19.4 Å². The first-order chi connectivity index (χ1) is 15.1. The van der Waals surface area contributed by atoms with Gasteiger partial charge in [0.25, 0.3) is 11.7 Å². The molecule has 1 aromatic heterocycles. The number of amides is 1. The number of Topliss-reactive ketones (excluding diaryl/α,β-unsaturated/α-hetero) is 1. The molecule has 0 bridgehead atoms. The number of unbranched alkanes of at least 4 members (excludes halogenated alkanes) is 4. The van der Waals surface area contributed by atoms with E-state index in [2.05, 4.69) is 13.8 Å². The molecule has 0 radical (unpaired) electrons. The predicted octanol–water partition coefficient (Wildman–Crippen LogP) is 5.93. The van der Waals surface area contributed by atoms with Crippen LogP contribution in [0.5, 0.6) is 5.75 Å². The number of ether oxygens (including phenoxy) is 1. The van der Waals surface area contributed by atoms with Crippen LogP contribution in [0.4, 0.5) is 0 Å². The molecule has 1 aliphatic rings. The van der Waals surface area contributed by atoms with Crippen LogP contribution in [0.25, 0.3) is 5.76 Å². The third-order valence-electron chi connectivity index (χ3n) is 5.50. The zero-order valence-corrected chi connectivity index (χ0v) is 19.1. The maximum absolute atomic E-state index is 12.9. The van der Waals surface area contributed by atoms with Gasteiger partial charge in [-0.3, -0.25) is 9.59 Å². The molecule has 166 valence electrons. The van der Waals surface area contributed by atoms with Gasteiger partial charge in [0.2, 0.25) is 0 Å². The molecular formula is C25H31NO4S. The number of carbonyl (C=O) groups excluding carboxylic acids is 2. The predicted molar refractivity (Wildman–Crippen MR) is 124 cm³/mol. The lowest BCUT2D eigenvalue weighted by atomic mass is 9.99. The van der Waals surface area contributed by atoms with Crippen molar-refractivity contribution in [1.29, 1.82) is 0 Å². The molecule has 1 saturated heterocycles. The van der Waals surface area contributed by atoms with Gasteiger partial charge in [-0.1, -0.05) is 45.6 Å². The molecule has 2 aromatic rings. The number of carbonyl (C=O) groups is 2. The fraction of sp³-hybridized carbons (Fsp3) is 0.440. The van der Waals surface area contributed by atoms with Crippen molar-refractivity contribution in [3.63, 3.8) is 0 Å². The van der Waals surface area contributed by atoms with E-state index in [0.29, 0.717) is 18.7 Å². The number of thiophene rings is 1. The monoisotopic (exact) mass is 441 g/mol. The van der Waals surface area contributed by atoms with E-state index in [9.17, 15) is 14.7 Å². The summed E-state index contributed by atoms with van der Waals surface area (Å²) in [5, 5.41) is 13.0. The number of likely N-dealkylation sites (tertiary alicyclic amines) is 1. The van der Waals surface area contributed by atoms with E-state index in [1.165, 1.54) is 11.3 Å². The smallest absolute Gasteiger partial charge is 0.295 e. The van der Waals surface area contributed by atoms with Gasteiger partial charge in [0.1, 0.15) is 11.5 Å². The normalized spacial score (nSPS) is 18.0. The summed E-state index contributed by atoms with van der Waals surface area (Å²) in [6.07, 6.45) is 6.10. The van der Waals surface area contributed by atoms with Crippen molar-refractivity contribution in [1.82, 2.24) is 4.90 Å². The molecule has 0 saturated carbocycles. The SMILES string of the molecule is CCCCCOc1ccc(/C(O)=C2/C(=O)C(=O)N(CCCCC)C2c2cccs2)cc1. The molecule has 1 aliphatic heterocycles. The second-order valence-electron chi connectivity index (χ2n) is 7.79. The van der Waals surface area contributed by atoms with Crippen LogP contribution in [0.1, 0.15) is 68.9 Å². The molecule has 3 rings (SSSR count). The van der Waals surface area contributed by atoms with Gasteiger partial charge in [0, 0.05) is 17.0 Å². The molecular weight excluding hydrogens is 410 g/mol. The minimum atomic E-state index is -0.618. The standard InChI is InChI=1S/C25H31NO4S/c1-3-5-7-15-26-22(20-10-9-17-31-20)21(24(28)25(26)29)23(27)18-11-13-19(14-12-18)30-16-8-6-4-2/h9-14,17,22,27H,3-8,15-16H2,1-2H3/b23-21-. The van der Waals surface area contributed by atoms with E-state index < -0.39 is 17.7 Å². The van der Waals surface area contributed by atoms with Crippen LogP contribution in [-0.2, 0) is 9.59 Å². The molecule has 6 heteroatoms. The zero-order chi connectivity index (χ0) is 22.2. The Hall–Kier alpha value is -2.60. The lowest BCUT2D eigenvalue weighted by Crippen LogP contribution is -2.30. The summed E-state index contributed by atoms with van der Waals surface area (Å²) in [5.41, 5.74) is 0.676.